The van der Waals surface area contributed by atoms with Gasteiger partial charge in [-0.05, 0) is 40.5 Å². The number of aromatic nitrogens is 2. The molecule has 2 N–H and O–H groups in total. The summed E-state index contributed by atoms with van der Waals surface area (Å²) < 4.78 is 0.880. The van der Waals surface area contributed by atoms with Crippen molar-refractivity contribution in [3.8, 4) is 0 Å². The monoisotopic (exact) mass is 307 g/mol. The molecule has 0 bridgehead atoms. The zero-order valence-corrected chi connectivity index (χ0v) is 11.1. The molecule has 2 aromatic rings. The van der Waals surface area contributed by atoms with E-state index in [1.807, 2.05) is 25.1 Å². The largest absolute Gasteiger partial charge is 0.476 e. The lowest BCUT2D eigenvalue weighted by molar-refractivity contribution is 0.0690. The third-order valence-corrected chi connectivity index (χ3v) is 2.90. The zero-order valence-electron chi connectivity index (χ0n) is 9.51. The average molecular weight is 308 g/mol. The van der Waals surface area contributed by atoms with Crippen LogP contribution in [0.1, 0.15) is 16.1 Å². The van der Waals surface area contributed by atoms with Crippen molar-refractivity contribution in [1.29, 1.82) is 0 Å². The maximum atomic E-state index is 10.8. The summed E-state index contributed by atoms with van der Waals surface area (Å²) in [5, 5.41) is 11.8. The van der Waals surface area contributed by atoms with E-state index in [1.165, 1.54) is 12.4 Å². The number of aryl methyl sites for hydroxylation is 1. The van der Waals surface area contributed by atoms with Crippen molar-refractivity contribution in [3.63, 3.8) is 0 Å². The summed E-state index contributed by atoms with van der Waals surface area (Å²) in [6.07, 6.45) is 2.68. The molecule has 1 aromatic heterocycles. The smallest absolute Gasteiger partial charge is 0.356 e. The Kier molecular flexibility index (Phi) is 3.57. The Balaban J connectivity index is 2.28. The van der Waals surface area contributed by atoms with Gasteiger partial charge in [0, 0.05) is 4.47 Å². The van der Waals surface area contributed by atoms with Gasteiger partial charge in [0.2, 0.25) is 0 Å². The topological polar surface area (TPSA) is 75.1 Å². The highest BCUT2D eigenvalue weighted by atomic mass is 79.9. The minimum absolute atomic E-state index is 0.0942. The summed E-state index contributed by atoms with van der Waals surface area (Å²) in [5.41, 5.74) is 1.83. The van der Waals surface area contributed by atoms with E-state index < -0.39 is 5.97 Å². The van der Waals surface area contributed by atoms with E-state index in [2.05, 4.69) is 31.2 Å². The van der Waals surface area contributed by atoms with Crippen molar-refractivity contribution in [2.75, 3.05) is 5.32 Å². The molecule has 1 aromatic carbocycles. The second-order valence-electron chi connectivity index (χ2n) is 3.70. The third-order valence-electron chi connectivity index (χ3n) is 2.24. The van der Waals surface area contributed by atoms with E-state index >= 15 is 0 Å². The minimum Gasteiger partial charge on any atom is -0.476 e. The molecule has 0 unspecified atom stereocenters. The maximum Gasteiger partial charge on any atom is 0.356 e. The first-order valence-electron chi connectivity index (χ1n) is 5.15. The van der Waals surface area contributed by atoms with E-state index in [0.717, 1.165) is 15.7 Å². The summed E-state index contributed by atoms with van der Waals surface area (Å²) in [7, 11) is 0. The Morgan fingerprint density at radius 1 is 1.39 bits per heavy atom. The first-order valence-corrected chi connectivity index (χ1v) is 5.94. The van der Waals surface area contributed by atoms with Crippen molar-refractivity contribution in [2.45, 2.75) is 6.92 Å². The van der Waals surface area contributed by atoms with E-state index in [4.69, 9.17) is 5.11 Å². The molecule has 0 saturated heterocycles. The van der Waals surface area contributed by atoms with Crippen LogP contribution in [0.3, 0.4) is 0 Å². The van der Waals surface area contributed by atoms with E-state index in [9.17, 15) is 4.79 Å². The van der Waals surface area contributed by atoms with Crippen molar-refractivity contribution in [2.24, 2.45) is 0 Å². The number of nitrogens with one attached hydrogen (secondary N) is 1. The molecule has 0 amide bonds. The van der Waals surface area contributed by atoms with Gasteiger partial charge in [-0.3, -0.25) is 4.98 Å². The average Bonchev–Trinajstić information content (AvgIpc) is 2.33. The number of halogens is 1. The number of anilines is 2. The van der Waals surface area contributed by atoms with Gasteiger partial charge in [-0.25, -0.2) is 9.78 Å². The van der Waals surface area contributed by atoms with Gasteiger partial charge in [-0.2, -0.15) is 0 Å². The number of carboxylic acids is 1. The number of nitrogens with zero attached hydrogens (tertiary/aromatic N) is 2. The van der Waals surface area contributed by atoms with Gasteiger partial charge in [0.1, 0.15) is 5.82 Å². The lowest BCUT2D eigenvalue weighted by Gasteiger charge is -2.08. The number of hydrogen-bond acceptors (Lipinski definition) is 4. The van der Waals surface area contributed by atoms with Crippen LogP contribution in [0.15, 0.2) is 35.1 Å². The standard InChI is InChI=1S/C12H10BrN3O2/c1-7-2-3-9(8(13)4-7)15-11-6-14-5-10(16-11)12(17)18/h2-6H,1H3,(H,15,16)(H,17,18). The number of carboxylic acid groups (broad SMARTS) is 1. The Labute approximate surface area is 112 Å². The van der Waals surface area contributed by atoms with Gasteiger partial charge < -0.3 is 10.4 Å². The number of rotatable bonds is 3. The minimum atomic E-state index is -1.10. The molecule has 0 saturated carbocycles. The van der Waals surface area contributed by atoms with Crippen molar-refractivity contribution >= 4 is 33.4 Å². The van der Waals surface area contributed by atoms with Crippen LogP contribution >= 0.6 is 15.9 Å². The Bertz CT molecular complexity index is 602. The fourth-order valence-electron chi connectivity index (χ4n) is 1.39. The molecule has 0 aliphatic heterocycles. The molecule has 0 radical (unpaired) electrons. The lowest BCUT2D eigenvalue weighted by atomic mass is 10.2. The molecule has 2 rings (SSSR count). The molecule has 0 fully saturated rings. The van der Waals surface area contributed by atoms with Crippen molar-refractivity contribution < 1.29 is 9.90 Å². The summed E-state index contributed by atoms with van der Waals surface area (Å²) in [5.74, 6) is -0.714. The fourth-order valence-corrected chi connectivity index (χ4v) is 1.98. The predicted octanol–water partition coefficient (Wildman–Crippen LogP) is 2.99. The highest BCUT2D eigenvalue weighted by Gasteiger charge is 2.07. The van der Waals surface area contributed by atoms with Gasteiger partial charge in [-0.1, -0.05) is 6.07 Å². The summed E-state index contributed by atoms with van der Waals surface area (Å²) in [6.45, 7) is 1.99. The molecular weight excluding hydrogens is 298 g/mol. The second-order valence-corrected chi connectivity index (χ2v) is 4.56. The molecule has 5 nitrogen and oxygen atoms in total. The summed E-state index contributed by atoms with van der Waals surface area (Å²) >= 11 is 3.43. The molecule has 0 aliphatic rings. The van der Waals surface area contributed by atoms with Crippen LogP contribution in [-0.4, -0.2) is 21.0 Å². The molecule has 92 valence electrons. The van der Waals surface area contributed by atoms with Crippen LogP contribution in [-0.2, 0) is 0 Å². The van der Waals surface area contributed by atoms with Gasteiger partial charge >= 0.3 is 5.97 Å². The molecule has 0 atom stereocenters. The molecule has 0 aliphatic carbocycles. The Morgan fingerprint density at radius 2 is 2.17 bits per heavy atom. The Morgan fingerprint density at radius 3 is 2.83 bits per heavy atom. The number of aromatic carboxylic acids is 1. The molecule has 1 heterocycles. The predicted molar refractivity (Wildman–Crippen MR) is 71.2 cm³/mol. The first-order chi connectivity index (χ1) is 8.56. The quantitative estimate of drug-likeness (QED) is 0.911. The first kappa shape index (κ1) is 12.5. The highest BCUT2D eigenvalue weighted by Crippen LogP contribution is 2.25. The molecular formula is C12H10BrN3O2. The van der Waals surface area contributed by atoms with Crippen LogP contribution in [0.2, 0.25) is 0 Å². The van der Waals surface area contributed by atoms with Crippen LogP contribution in [0.5, 0.6) is 0 Å². The van der Waals surface area contributed by atoms with E-state index in [-0.39, 0.29) is 5.69 Å². The highest BCUT2D eigenvalue weighted by molar-refractivity contribution is 9.10. The zero-order chi connectivity index (χ0) is 13.1. The van der Waals surface area contributed by atoms with Gasteiger partial charge in [-0.15, -0.1) is 0 Å². The normalized spacial score (nSPS) is 10.1. The van der Waals surface area contributed by atoms with Gasteiger partial charge in [0.25, 0.3) is 0 Å². The summed E-state index contributed by atoms with van der Waals surface area (Å²) in [6, 6.07) is 5.78. The molecule has 0 spiro atoms. The lowest BCUT2D eigenvalue weighted by Crippen LogP contribution is -2.04. The maximum absolute atomic E-state index is 10.8. The SMILES string of the molecule is Cc1ccc(Nc2cncc(C(=O)O)n2)c(Br)c1. The van der Waals surface area contributed by atoms with Crippen LogP contribution in [0, 0.1) is 6.92 Å². The third kappa shape index (κ3) is 2.84. The van der Waals surface area contributed by atoms with E-state index in [0.29, 0.717) is 5.82 Å². The fraction of sp³-hybridized carbons (Fsp3) is 0.0833. The van der Waals surface area contributed by atoms with Gasteiger partial charge in [0.05, 0.1) is 18.1 Å². The van der Waals surface area contributed by atoms with Crippen LogP contribution < -0.4 is 5.32 Å². The van der Waals surface area contributed by atoms with Gasteiger partial charge in [0.15, 0.2) is 5.69 Å². The van der Waals surface area contributed by atoms with Crippen LogP contribution in [0.25, 0.3) is 0 Å². The second kappa shape index (κ2) is 5.14. The number of carbonyl (C=O) groups is 1. The number of hydrogen-bond donors (Lipinski definition) is 2. The van der Waals surface area contributed by atoms with Crippen molar-refractivity contribution in [3.05, 3.63) is 46.3 Å². The summed E-state index contributed by atoms with van der Waals surface area (Å²) in [4.78, 5) is 18.5. The molecule has 18 heavy (non-hydrogen) atoms. The van der Waals surface area contributed by atoms with Crippen LogP contribution in [0.4, 0.5) is 11.5 Å². The Hall–Kier alpha value is -1.95. The van der Waals surface area contributed by atoms with Crippen molar-refractivity contribution in [1.82, 2.24) is 9.97 Å². The van der Waals surface area contributed by atoms with E-state index in [1.54, 1.807) is 0 Å². The molecule has 6 heteroatoms. The number of benzene rings is 1.